The van der Waals surface area contributed by atoms with Crippen LogP contribution in [0.3, 0.4) is 0 Å². The lowest BCUT2D eigenvalue weighted by molar-refractivity contribution is -0.156. The molecule has 2 N–H and O–H groups in total. The first kappa shape index (κ1) is 23.3. The van der Waals surface area contributed by atoms with Crippen LogP contribution in [0.15, 0.2) is 60.7 Å². The molecule has 0 bridgehead atoms. The largest absolute Gasteiger partial charge is 0.393 e. The van der Waals surface area contributed by atoms with Crippen molar-refractivity contribution in [2.45, 2.75) is 33.4 Å². The molecule has 1 aliphatic carbocycles. The quantitative estimate of drug-likeness (QED) is 0.450. The van der Waals surface area contributed by atoms with Crippen LogP contribution in [-0.2, 0) is 37.0 Å². The molecule has 5 rings (SSSR count). The number of carbonyl (C=O) groups excluding carboxylic acids is 4. The Morgan fingerprint density at radius 2 is 1.34 bits per heavy atom. The van der Waals surface area contributed by atoms with E-state index in [1.165, 1.54) is 10.5 Å². The van der Waals surface area contributed by atoms with Crippen LogP contribution < -0.4 is 5.73 Å². The molecule has 1 saturated carbocycles. The molecule has 7 heteroatoms. The second kappa shape index (κ2) is 10.3. The van der Waals surface area contributed by atoms with Crippen molar-refractivity contribution in [1.82, 2.24) is 4.90 Å². The van der Waals surface area contributed by atoms with Gasteiger partial charge < -0.3 is 10.5 Å². The third-order valence-electron chi connectivity index (χ3n) is 5.86. The minimum atomic E-state index is -0.322. The van der Waals surface area contributed by atoms with Gasteiger partial charge in [0.1, 0.15) is 0 Å². The fourth-order valence-corrected chi connectivity index (χ4v) is 3.82. The fourth-order valence-electron chi connectivity index (χ4n) is 3.82. The highest BCUT2D eigenvalue weighted by Gasteiger charge is 2.63. The minimum absolute atomic E-state index is 0.0520. The van der Waals surface area contributed by atoms with Gasteiger partial charge in [-0.25, -0.2) is 0 Å². The third kappa shape index (κ3) is 5.48. The molecular formula is C25H28N2O5. The standard InChI is InChI=1S/C12H13NO2.C7H9N.C6H6O3/c1-9-7-11(14)13(12(9)15)8-10-5-3-2-4-6-10;8-6-7-4-2-1-3-5-7;1-2-3-4(2)6(8)9-5(3)7/h2-6,9H,7-8H2,1H3;1-5H,6,8H2;2-4H,1H3. The first-order chi connectivity index (χ1) is 15.3. The summed E-state index contributed by atoms with van der Waals surface area (Å²) >= 11 is 0. The maximum Gasteiger partial charge on any atom is 0.317 e. The monoisotopic (exact) mass is 436 g/mol. The van der Waals surface area contributed by atoms with Gasteiger partial charge in [-0.2, -0.15) is 0 Å². The highest BCUT2D eigenvalue weighted by atomic mass is 16.6. The smallest absolute Gasteiger partial charge is 0.317 e. The summed E-state index contributed by atoms with van der Waals surface area (Å²) < 4.78 is 4.32. The highest BCUT2D eigenvalue weighted by Crippen LogP contribution is 2.51. The van der Waals surface area contributed by atoms with Crippen LogP contribution in [0.2, 0.25) is 0 Å². The number of benzene rings is 2. The number of hydrogen-bond donors (Lipinski definition) is 1. The number of esters is 2. The van der Waals surface area contributed by atoms with Crippen molar-refractivity contribution in [3.05, 3.63) is 71.8 Å². The second-order valence-corrected chi connectivity index (χ2v) is 8.25. The van der Waals surface area contributed by atoms with Gasteiger partial charge in [0.2, 0.25) is 11.8 Å². The van der Waals surface area contributed by atoms with Crippen LogP contribution in [0.1, 0.15) is 31.4 Å². The number of nitrogens with zero attached hydrogens (tertiary/aromatic N) is 1. The van der Waals surface area contributed by atoms with E-state index in [-0.39, 0.29) is 47.4 Å². The van der Waals surface area contributed by atoms with E-state index in [0.717, 1.165) is 5.56 Å². The van der Waals surface area contributed by atoms with Crippen LogP contribution in [0, 0.1) is 23.7 Å². The molecule has 2 heterocycles. The number of fused-ring (bicyclic) bond motifs is 1. The average molecular weight is 437 g/mol. The number of nitrogens with two attached hydrogens (primary N) is 1. The number of likely N-dealkylation sites (tertiary alicyclic amines) is 1. The van der Waals surface area contributed by atoms with Crippen molar-refractivity contribution in [2.75, 3.05) is 0 Å². The Labute approximate surface area is 187 Å². The lowest BCUT2D eigenvalue weighted by Crippen LogP contribution is -2.29. The van der Waals surface area contributed by atoms with Crippen molar-refractivity contribution in [3.8, 4) is 0 Å². The van der Waals surface area contributed by atoms with Gasteiger partial charge in [-0.05, 0) is 17.0 Å². The summed E-state index contributed by atoms with van der Waals surface area (Å²) in [6.07, 6.45) is 0.353. The van der Waals surface area contributed by atoms with Crippen LogP contribution in [-0.4, -0.2) is 28.7 Å². The van der Waals surface area contributed by atoms with E-state index < -0.39 is 0 Å². The predicted molar refractivity (Wildman–Crippen MR) is 117 cm³/mol. The highest BCUT2D eigenvalue weighted by molar-refractivity contribution is 6.03. The number of amides is 2. The molecule has 2 aromatic carbocycles. The number of cyclic esters (lactones) is 2. The Hall–Kier alpha value is -3.32. The molecule has 3 aliphatic rings. The molecule has 32 heavy (non-hydrogen) atoms. The average Bonchev–Trinajstić information content (AvgIpc) is 3.31. The molecule has 168 valence electrons. The zero-order valence-electron chi connectivity index (χ0n) is 18.3. The van der Waals surface area contributed by atoms with Crippen molar-refractivity contribution in [2.24, 2.45) is 29.4 Å². The third-order valence-corrected chi connectivity index (χ3v) is 5.86. The molecule has 0 aromatic heterocycles. The van der Waals surface area contributed by atoms with Crippen LogP contribution in [0.5, 0.6) is 0 Å². The van der Waals surface area contributed by atoms with E-state index in [4.69, 9.17) is 5.73 Å². The van der Waals surface area contributed by atoms with Crippen molar-refractivity contribution in [3.63, 3.8) is 0 Å². The van der Waals surface area contributed by atoms with Gasteiger partial charge in [-0.3, -0.25) is 24.1 Å². The van der Waals surface area contributed by atoms with Gasteiger partial charge in [-0.1, -0.05) is 74.5 Å². The Bertz CT molecular complexity index is 956. The summed E-state index contributed by atoms with van der Waals surface area (Å²) in [5, 5.41) is 0. The van der Waals surface area contributed by atoms with Crippen molar-refractivity contribution in [1.29, 1.82) is 0 Å². The Kier molecular flexibility index (Phi) is 7.53. The van der Waals surface area contributed by atoms with E-state index >= 15 is 0 Å². The maximum atomic E-state index is 11.6. The van der Waals surface area contributed by atoms with Gasteiger partial charge in [0, 0.05) is 18.9 Å². The molecule has 0 spiro atoms. The second-order valence-electron chi connectivity index (χ2n) is 8.25. The van der Waals surface area contributed by atoms with E-state index in [2.05, 4.69) is 4.74 Å². The SMILES string of the molecule is CC1C2C(=O)OC(=O)C12.CC1CC(=O)N(Cc2ccccc2)C1=O.NCc1ccccc1. The summed E-state index contributed by atoms with van der Waals surface area (Å²) in [5.41, 5.74) is 7.53. The van der Waals surface area contributed by atoms with E-state index in [1.54, 1.807) is 6.92 Å². The van der Waals surface area contributed by atoms with Gasteiger partial charge >= 0.3 is 11.9 Å². The van der Waals surface area contributed by atoms with E-state index in [0.29, 0.717) is 19.5 Å². The lowest BCUT2D eigenvalue weighted by Gasteiger charge is -2.13. The summed E-state index contributed by atoms with van der Waals surface area (Å²) in [6.45, 7) is 4.74. The zero-order chi connectivity index (χ0) is 23.3. The number of hydrogen-bond acceptors (Lipinski definition) is 6. The molecule has 3 atom stereocenters. The summed E-state index contributed by atoms with van der Waals surface area (Å²) in [4.78, 5) is 45.7. The number of imide groups is 1. The van der Waals surface area contributed by atoms with E-state index in [9.17, 15) is 19.2 Å². The number of carbonyl (C=O) groups is 4. The Morgan fingerprint density at radius 1 is 0.844 bits per heavy atom. The number of ether oxygens (including phenoxy) is 1. The van der Waals surface area contributed by atoms with Gasteiger partial charge in [-0.15, -0.1) is 0 Å². The Balaban J connectivity index is 0.000000145. The van der Waals surface area contributed by atoms with Crippen molar-refractivity contribution >= 4 is 23.8 Å². The van der Waals surface area contributed by atoms with Gasteiger partial charge in [0.25, 0.3) is 0 Å². The summed E-state index contributed by atoms with van der Waals surface area (Å²) in [7, 11) is 0. The van der Waals surface area contributed by atoms with Crippen LogP contribution in [0.4, 0.5) is 0 Å². The molecule has 0 radical (unpaired) electrons. The molecule has 2 saturated heterocycles. The first-order valence-corrected chi connectivity index (χ1v) is 10.7. The Morgan fingerprint density at radius 3 is 1.69 bits per heavy atom. The molecule has 3 fully saturated rings. The van der Waals surface area contributed by atoms with Gasteiger partial charge in [0.15, 0.2) is 0 Å². The van der Waals surface area contributed by atoms with Gasteiger partial charge in [0.05, 0.1) is 18.4 Å². The first-order valence-electron chi connectivity index (χ1n) is 10.7. The van der Waals surface area contributed by atoms with E-state index in [1.807, 2.05) is 67.6 Å². The molecule has 2 amide bonds. The zero-order valence-corrected chi connectivity index (χ0v) is 18.3. The summed E-state index contributed by atoms with van der Waals surface area (Å²) in [6, 6.07) is 19.6. The van der Waals surface area contributed by atoms with Crippen molar-refractivity contribution < 1.29 is 23.9 Å². The molecule has 7 nitrogen and oxygen atoms in total. The lowest BCUT2D eigenvalue weighted by atomic mass is 10.1. The van der Waals surface area contributed by atoms with Crippen LogP contribution in [0.25, 0.3) is 0 Å². The minimum Gasteiger partial charge on any atom is -0.393 e. The normalized spacial score (nSPS) is 25.3. The number of rotatable bonds is 3. The molecule has 3 unspecified atom stereocenters. The summed E-state index contributed by atoms with van der Waals surface area (Å²) in [5.74, 6) is -0.829. The molecule has 2 aromatic rings. The fraction of sp³-hybridized carbons (Fsp3) is 0.360. The topological polar surface area (TPSA) is 107 Å². The predicted octanol–water partition coefficient (Wildman–Crippen LogP) is 2.68. The molecular weight excluding hydrogens is 408 g/mol. The van der Waals surface area contributed by atoms with Crippen LogP contribution >= 0.6 is 0 Å². The molecule has 2 aliphatic heterocycles. The maximum absolute atomic E-state index is 11.6.